The van der Waals surface area contributed by atoms with E-state index in [9.17, 15) is 0 Å². The predicted octanol–water partition coefficient (Wildman–Crippen LogP) is 5.10. The first-order valence-electron chi connectivity index (χ1n) is 6.78. The Morgan fingerprint density at radius 2 is 2.00 bits per heavy atom. The highest BCUT2D eigenvalue weighted by atomic mass is 32.2. The summed E-state index contributed by atoms with van der Waals surface area (Å²) in [6, 6.07) is 13.7. The summed E-state index contributed by atoms with van der Waals surface area (Å²) in [6.45, 7) is 5.50. The van der Waals surface area contributed by atoms with Crippen LogP contribution < -0.4 is 5.32 Å². The van der Waals surface area contributed by atoms with E-state index >= 15 is 0 Å². The van der Waals surface area contributed by atoms with Crippen LogP contribution in [0.15, 0.2) is 46.7 Å². The Balaban J connectivity index is 1.87. The van der Waals surface area contributed by atoms with Crippen LogP contribution in [-0.2, 0) is 5.75 Å². The van der Waals surface area contributed by atoms with Crippen LogP contribution >= 0.6 is 23.1 Å². The van der Waals surface area contributed by atoms with Crippen LogP contribution in [0.2, 0.25) is 0 Å². The van der Waals surface area contributed by atoms with Gasteiger partial charge in [-0.3, -0.25) is 0 Å². The minimum atomic E-state index is 0.441. The minimum Gasteiger partial charge on any atom is -0.310 e. The molecule has 102 valence electrons. The Bertz CT molecular complexity index is 462. The van der Waals surface area contributed by atoms with E-state index in [4.69, 9.17) is 0 Å². The molecular weight excluding hydrogens is 270 g/mol. The van der Waals surface area contributed by atoms with Crippen molar-refractivity contribution in [3.63, 3.8) is 0 Å². The average molecular weight is 291 g/mol. The zero-order chi connectivity index (χ0) is 13.5. The molecule has 1 nitrogen and oxygen atoms in total. The van der Waals surface area contributed by atoms with Gasteiger partial charge in [0.25, 0.3) is 0 Å². The molecule has 0 aliphatic heterocycles. The average Bonchev–Trinajstić information content (AvgIpc) is 2.96. The minimum absolute atomic E-state index is 0.441. The molecule has 1 atom stereocenters. The molecule has 0 bridgehead atoms. The summed E-state index contributed by atoms with van der Waals surface area (Å²) in [5.41, 5.74) is 1.37. The molecule has 1 unspecified atom stereocenters. The molecule has 0 aliphatic carbocycles. The summed E-state index contributed by atoms with van der Waals surface area (Å²) in [5, 5.41) is 5.66. The topological polar surface area (TPSA) is 12.0 Å². The van der Waals surface area contributed by atoms with Crippen molar-refractivity contribution < 1.29 is 0 Å². The molecule has 1 aromatic carbocycles. The van der Waals surface area contributed by atoms with Gasteiger partial charge in [0, 0.05) is 21.6 Å². The van der Waals surface area contributed by atoms with Gasteiger partial charge in [0.15, 0.2) is 0 Å². The van der Waals surface area contributed by atoms with Crippen molar-refractivity contribution in [3.05, 3.63) is 52.2 Å². The van der Waals surface area contributed by atoms with Crippen LogP contribution in [0.3, 0.4) is 0 Å². The maximum absolute atomic E-state index is 3.52. The van der Waals surface area contributed by atoms with Gasteiger partial charge in [-0.2, -0.15) is 0 Å². The Kier molecular flexibility index (Phi) is 5.95. The van der Waals surface area contributed by atoms with Crippen molar-refractivity contribution in [3.8, 4) is 0 Å². The second-order valence-corrected chi connectivity index (χ2v) is 6.69. The first kappa shape index (κ1) is 14.6. The third-order valence-corrected chi connectivity index (χ3v) is 5.16. The number of hydrogen-bond acceptors (Lipinski definition) is 3. The van der Waals surface area contributed by atoms with Crippen molar-refractivity contribution in [1.82, 2.24) is 5.32 Å². The van der Waals surface area contributed by atoms with Gasteiger partial charge in [0.05, 0.1) is 0 Å². The van der Waals surface area contributed by atoms with Gasteiger partial charge in [0.1, 0.15) is 0 Å². The molecule has 2 rings (SSSR count). The van der Waals surface area contributed by atoms with Gasteiger partial charge < -0.3 is 5.32 Å². The van der Waals surface area contributed by atoms with Crippen LogP contribution in [0.4, 0.5) is 0 Å². The molecule has 1 N–H and O–H groups in total. The number of benzene rings is 1. The molecule has 0 amide bonds. The van der Waals surface area contributed by atoms with Crippen LogP contribution in [0.25, 0.3) is 0 Å². The fraction of sp³-hybridized carbons (Fsp3) is 0.375. The normalized spacial score (nSPS) is 12.5. The monoisotopic (exact) mass is 291 g/mol. The van der Waals surface area contributed by atoms with Gasteiger partial charge in [-0.05, 0) is 49.0 Å². The lowest BCUT2D eigenvalue weighted by Crippen LogP contribution is -2.19. The summed E-state index contributed by atoms with van der Waals surface area (Å²) in [4.78, 5) is 2.78. The second-order valence-electron chi connectivity index (χ2n) is 4.61. The van der Waals surface area contributed by atoms with Crippen molar-refractivity contribution in [2.75, 3.05) is 6.54 Å². The van der Waals surface area contributed by atoms with Crippen molar-refractivity contribution in [2.24, 2.45) is 0 Å². The van der Waals surface area contributed by atoms with Gasteiger partial charge in [-0.25, -0.2) is 0 Å². The summed E-state index contributed by atoms with van der Waals surface area (Å²) in [7, 11) is 0. The lowest BCUT2D eigenvalue weighted by molar-refractivity contribution is 0.570. The molecule has 1 aromatic heterocycles. The molecule has 0 saturated heterocycles. The maximum atomic E-state index is 3.52. The largest absolute Gasteiger partial charge is 0.310 e. The highest BCUT2D eigenvalue weighted by Gasteiger charge is 2.04. The van der Waals surface area contributed by atoms with Crippen molar-refractivity contribution in [1.29, 1.82) is 0 Å². The first-order valence-corrected chi connectivity index (χ1v) is 8.64. The Hall–Kier alpha value is -0.770. The van der Waals surface area contributed by atoms with Gasteiger partial charge in [0.2, 0.25) is 0 Å². The zero-order valence-corrected chi connectivity index (χ0v) is 13.2. The SMILES string of the molecule is CCCNC(C)c1ccc(SCc2cccs2)cc1. The molecule has 0 aliphatic rings. The molecule has 0 fully saturated rings. The van der Waals surface area contributed by atoms with E-state index in [2.05, 4.69) is 60.9 Å². The quantitative estimate of drug-likeness (QED) is 0.712. The molecular formula is C16H21NS2. The third kappa shape index (κ3) is 4.68. The van der Waals surface area contributed by atoms with Crippen LogP contribution in [0, 0.1) is 0 Å². The van der Waals surface area contributed by atoms with Crippen LogP contribution in [0.5, 0.6) is 0 Å². The van der Waals surface area contributed by atoms with Crippen LogP contribution in [-0.4, -0.2) is 6.54 Å². The molecule has 2 aromatic rings. The van der Waals surface area contributed by atoms with E-state index in [0.29, 0.717) is 6.04 Å². The van der Waals surface area contributed by atoms with Crippen molar-refractivity contribution in [2.45, 2.75) is 37.0 Å². The lowest BCUT2D eigenvalue weighted by atomic mass is 10.1. The number of nitrogens with one attached hydrogen (secondary N) is 1. The highest BCUT2D eigenvalue weighted by Crippen LogP contribution is 2.26. The molecule has 1 heterocycles. The number of thiophene rings is 1. The van der Waals surface area contributed by atoms with E-state index in [-0.39, 0.29) is 0 Å². The van der Waals surface area contributed by atoms with E-state index in [0.717, 1.165) is 12.3 Å². The lowest BCUT2D eigenvalue weighted by Gasteiger charge is -2.13. The third-order valence-electron chi connectivity index (χ3n) is 3.04. The first-order chi connectivity index (χ1) is 9.29. The highest BCUT2D eigenvalue weighted by molar-refractivity contribution is 7.98. The second kappa shape index (κ2) is 7.73. The standard InChI is InChI=1S/C16H21NS2/c1-3-10-17-13(2)14-6-8-15(9-7-14)19-12-16-5-4-11-18-16/h4-9,11,13,17H,3,10,12H2,1-2H3. The zero-order valence-electron chi connectivity index (χ0n) is 11.6. The molecule has 0 spiro atoms. The predicted molar refractivity (Wildman–Crippen MR) is 87.0 cm³/mol. The molecule has 0 radical (unpaired) electrons. The number of thioether (sulfide) groups is 1. The van der Waals surface area contributed by atoms with Gasteiger partial charge in [-0.1, -0.05) is 25.1 Å². The van der Waals surface area contributed by atoms with Gasteiger partial charge in [-0.15, -0.1) is 23.1 Å². The smallest absolute Gasteiger partial charge is 0.0326 e. The molecule has 0 saturated carbocycles. The summed E-state index contributed by atoms with van der Waals surface area (Å²) < 4.78 is 0. The Labute approximate surface area is 124 Å². The summed E-state index contributed by atoms with van der Waals surface area (Å²) in [5.74, 6) is 1.07. The van der Waals surface area contributed by atoms with E-state index < -0.39 is 0 Å². The number of rotatable bonds is 7. The van der Waals surface area contributed by atoms with E-state index in [1.165, 1.54) is 21.8 Å². The summed E-state index contributed by atoms with van der Waals surface area (Å²) in [6.07, 6.45) is 1.18. The molecule has 19 heavy (non-hydrogen) atoms. The fourth-order valence-corrected chi connectivity index (χ4v) is 3.55. The maximum Gasteiger partial charge on any atom is 0.0326 e. The van der Waals surface area contributed by atoms with Gasteiger partial charge >= 0.3 is 0 Å². The van der Waals surface area contributed by atoms with Crippen molar-refractivity contribution >= 4 is 23.1 Å². The van der Waals surface area contributed by atoms with E-state index in [1.807, 2.05) is 23.1 Å². The summed E-state index contributed by atoms with van der Waals surface area (Å²) >= 11 is 3.73. The number of hydrogen-bond donors (Lipinski definition) is 1. The Morgan fingerprint density at radius 1 is 1.21 bits per heavy atom. The van der Waals surface area contributed by atoms with Crippen LogP contribution in [0.1, 0.15) is 36.8 Å². The van der Waals surface area contributed by atoms with E-state index in [1.54, 1.807) is 0 Å². The Morgan fingerprint density at radius 3 is 2.63 bits per heavy atom. The fourth-order valence-electron chi connectivity index (χ4n) is 1.88. The molecule has 3 heteroatoms.